The second-order valence-electron chi connectivity index (χ2n) is 4.82. The van der Waals surface area contributed by atoms with E-state index in [-0.39, 0.29) is 0 Å². The Morgan fingerprint density at radius 3 is 2.93 bits per heavy atom. The third-order valence-corrected chi connectivity index (χ3v) is 3.48. The van der Waals surface area contributed by atoms with Gasteiger partial charge in [0.25, 0.3) is 0 Å². The Labute approximate surface area is 89.9 Å². The average Bonchev–Trinajstić information content (AvgIpc) is 2.97. The van der Waals surface area contributed by atoms with Gasteiger partial charge in [-0.15, -0.1) is 0 Å². The fourth-order valence-corrected chi connectivity index (χ4v) is 2.20. The largest absolute Gasteiger partial charge is 0.490 e. The highest BCUT2D eigenvalue weighted by molar-refractivity contribution is 5.42. The summed E-state index contributed by atoms with van der Waals surface area (Å²) in [6.07, 6.45) is 4.27. The molecule has 1 saturated carbocycles. The Morgan fingerprint density at radius 2 is 2.20 bits per heavy atom. The van der Waals surface area contributed by atoms with E-state index < -0.39 is 5.60 Å². The molecule has 1 aliphatic heterocycles. The van der Waals surface area contributed by atoms with Gasteiger partial charge in [-0.25, -0.2) is 0 Å². The summed E-state index contributed by atoms with van der Waals surface area (Å²) in [6.45, 7) is 2.10. The van der Waals surface area contributed by atoms with Crippen molar-refractivity contribution in [3.63, 3.8) is 0 Å². The van der Waals surface area contributed by atoms with E-state index in [1.165, 1.54) is 5.56 Å². The van der Waals surface area contributed by atoms with Crippen molar-refractivity contribution in [2.24, 2.45) is 0 Å². The lowest BCUT2D eigenvalue weighted by atomic mass is 9.98. The highest BCUT2D eigenvalue weighted by Gasteiger charge is 2.42. The number of fused-ring (bicyclic) bond motifs is 1. The first-order valence-corrected chi connectivity index (χ1v) is 5.70. The minimum atomic E-state index is -0.543. The highest BCUT2D eigenvalue weighted by atomic mass is 16.5. The van der Waals surface area contributed by atoms with Crippen LogP contribution in [0.5, 0.6) is 5.75 Å². The highest BCUT2D eigenvalue weighted by Crippen LogP contribution is 2.46. The van der Waals surface area contributed by atoms with Crippen molar-refractivity contribution in [2.45, 2.75) is 44.3 Å². The van der Waals surface area contributed by atoms with Gasteiger partial charge in [-0.05, 0) is 49.8 Å². The molecule has 1 heterocycles. The van der Waals surface area contributed by atoms with Gasteiger partial charge >= 0.3 is 0 Å². The summed E-state index contributed by atoms with van der Waals surface area (Å²) >= 11 is 0. The SMILES string of the molecule is CC1CCc2ccc(C3(O)CC3)cc2O1. The quantitative estimate of drug-likeness (QED) is 0.761. The Balaban J connectivity index is 1.98. The molecule has 1 aliphatic carbocycles. The lowest BCUT2D eigenvalue weighted by molar-refractivity contribution is 0.149. The van der Waals surface area contributed by atoms with E-state index in [2.05, 4.69) is 13.0 Å². The van der Waals surface area contributed by atoms with Gasteiger partial charge < -0.3 is 9.84 Å². The number of benzene rings is 1. The van der Waals surface area contributed by atoms with Crippen LogP contribution in [0.4, 0.5) is 0 Å². The van der Waals surface area contributed by atoms with Crippen LogP contribution in [-0.4, -0.2) is 11.2 Å². The smallest absolute Gasteiger partial charge is 0.123 e. The zero-order chi connectivity index (χ0) is 10.5. The predicted octanol–water partition coefficient (Wildman–Crippen LogP) is 2.38. The van der Waals surface area contributed by atoms with Crippen molar-refractivity contribution in [1.82, 2.24) is 0 Å². The molecule has 1 aromatic carbocycles. The maximum absolute atomic E-state index is 10.0. The topological polar surface area (TPSA) is 29.5 Å². The molecule has 1 unspecified atom stereocenters. The first kappa shape index (κ1) is 9.22. The van der Waals surface area contributed by atoms with Crippen LogP contribution in [-0.2, 0) is 12.0 Å². The molecule has 0 aromatic heterocycles. The first-order chi connectivity index (χ1) is 7.17. The molecular formula is C13H16O2. The fraction of sp³-hybridized carbons (Fsp3) is 0.538. The van der Waals surface area contributed by atoms with Gasteiger partial charge in [0.2, 0.25) is 0 Å². The van der Waals surface area contributed by atoms with E-state index in [9.17, 15) is 5.11 Å². The molecule has 1 aromatic rings. The minimum Gasteiger partial charge on any atom is -0.490 e. The summed E-state index contributed by atoms with van der Waals surface area (Å²) in [7, 11) is 0. The van der Waals surface area contributed by atoms with Crippen LogP contribution in [0.15, 0.2) is 18.2 Å². The summed E-state index contributed by atoms with van der Waals surface area (Å²) < 4.78 is 5.78. The van der Waals surface area contributed by atoms with Crippen LogP contribution < -0.4 is 4.74 Å². The third kappa shape index (κ3) is 1.53. The van der Waals surface area contributed by atoms with Gasteiger partial charge in [-0.2, -0.15) is 0 Å². The van der Waals surface area contributed by atoms with Crippen LogP contribution in [0, 0.1) is 0 Å². The minimum absolute atomic E-state index is 0.307. The summed E-state index contributed by atoms with van der Waals surface area (Å²) in [5.41, 5.74) is 1.76. The average molecular weight is 204 g/mol. The number of rotatable bonds is 1. The van der Waals surface area contributed by atoms with Crippen LogP contribution in [0.3, 0.4) is 0 Å². The van der Waals surface area contributed by atoms with Crippen LogP contribution in [0.2, 0.25) is 0 Å². The number of hydrogen-bond acceptors (Lipinski definition) is 2. The molecule has 15 heavy (non-hydrogen) atoms. The van der Waals surface area contributed by atoms with Gasteiger partial charge in [0.1, 0.15) is 5.75 Å². The molecule has 0 amide bonds. The molecule has 1 fully saturated rings. The summed E-state index contributed by atoms with van der Waals surface area (Å²) in [4.78, 5) is 0. The van der Waals surface area contributed by atoms with Crippen molar-refractivity contribution < 1.29 is 9.84 Å². The van der Waals surface area contributed by atoms with E-state index in [0.717, 1.165) is 37.0 Å². The van der Waals surface area contributed by atoms with E-state index in [4.69, 9.17) is 4.74 Å². The lowest BCUT2D eigenvalue weighted by Gasteiger charge is -2.24. The van der Waals surface area contributed by atoms with Gasteiger partial charge in [0.15, 0.2) is 0 Å². The molecule has 3 rings (SSSR count). The van der Waals surface area contributed by atoms with Crippen LogP contribution in [0.25, 0.3) is 0 Å². The zero-order valence-corrected chi connectivity index (χ0v) is 8.99. The predicted molar refractivity (Wildman–Crippen MR) is 58.0 cm³/mol. The summed E-state index contributed by atoms with van der Waals surface area (Å²) in [5, 5.41) is 10.0. The molecule has 2 heteroatoms. The van der Waals surface area contributed by atoms with E-state index in [1.54, 1.807) is 0 Å². The van der Waals surface area contributed by atoms with Crippen molar-refractivity contribution in [3.8, 4) is 5.75 Å². The molecule has 1 N–H and O–H groups in total. The molecule has 0 radical (unpaired) electrons. The Bertz CT molecular complexity index is 394. The Hall–Kier alpha value is -1.02. The fourth-order valence-electron chi connectivity index (χ4n) is 2.20. The lowest BCUT2D eigenvalue weighted by Crippen LogP contribution is -2.19. The number of hydrogen-bond donors (Lipinski definition) is 1. The second kappa shape index (κ2) is 2.99. The Morgan fingerprint density at radius 1 is 1.40 bits per heavy atom. The third-order valence-electron chi connectivity index (χ3n) is 3.48. The number of aryl methyl sites for hydroxylation is 1. The summed E-state index contributed by atoms with van der Waals surface area (Å²) in [5.74, 6) is 0.978. The normalized spacial score (nSPS) is 26.7. The van der Waals surface area contributed by atoms with E-state index in [0.29, 0.717) is 6.10 Å². The number of ether oxygens (including phenoxy) is 1. The molecule has 80 valence electrons. The van der Waals surface area contributed by atoms with Gasteiger partial charge in [0, 0.05) is 0 Å². The maximum atomic E-state index is 10.0. The standard InChI is InChI=1S/C13H16O2/c1-9-2-3-10-4-5-11(8-12(10)15-9)13(14)6-7-13/h4-5,8-9,14H,2-3,6-7H2,1H3. The van der Waals surface area contributed by atoms with E-state index in [1.807, 2.05) is 12.1 Å². The molecule has 2 nitrogen and oxygen atoms in total. The van der Waals surface area contributed by atoms with Gasteiger partial charge in [0.05, 0.1) is 11.7 Å². The zero-order valence-electron chi connectivity index (χ0n) is 8.99. The summed E-state index contributed by atoms with van der Waals surface area (Å²) in [6, 6.07) is 6.18. The maximum Gasteiger partial charge on any atom is 0.123 e. The van der Waals surface area contributed by atoms with E-state index >= 15 is 0 Å². The molecule has 0 saturated heterocycles. The van der Waals surface area contributed by atoms with Crippen molar-refractivity contribution in [2.75, 3.05) is 0 Å². The van der Waals surface area contributed by atoms with Crippen LogP contribution >= 0.6 is 0 Å². The van der Waals surface area contributed by atoms with Crippen molar-refractivity contribution >= 4 is 0 Å². The van der Waals surface area contributed by atoms with Crippen molar-refractivity contribution in [1.29, 1.82) is 0 Å². The monoisotopic (exact) mass is 204 g/mol. The van der Waals surface area contributed by atoms with Crippen LogP contribution in [0.1, 0.15) is 37.3 Å². The molecular weight excluding hydrogens is 188 g/mol. The molecule has 1 atom stereocenters. The van der Waals surface area contributed by atoms with Gasteiger partial charge in [-0.1, -0.05) is 12.1 Å². The Kier molecular flexibility index (Phi) is 1.84. The van der Waals surface area contributed by atoms with Gasteiger partial charge in [-0.3, -0.25) is 0 Å². The second-order valence-corrected chi connectivity index (χ2v) is 4.82. The number of aliphatic hydroxyl groups is 1. The van der Waals surface area contributed by atoms with Crippen molar-refractivity contribution in [3.05, 3.63) is 29.3 Å². The first-order valence-electron chi connectivity index (χ1n) is 5.70. The molecule has 0 spiro atoms. The molecule has 0 bridgehead atoms. The molecule has 2 aliphatic rings.